The van der Waals surface area contributed by atoms with Crippen LogP contribution < -0.4 is 10.5 Å². The van der Waals surface area contributed by atoms with E-state index in [0.29, 0.717) is 5.75 Å². The van der Waals surface area contributed by atoms with Crippen LogP contribution in [0.15, 0.2) is 22.7 Å². The second-order valence-corrected chi connectivity index (χ2v) is 4.90. The van der Waals surface area contributed by atoms with Gasteiger partial charge >= 0.3 is 6.18 Å². The first-order valence-electron chi connectivity index (χ1n) is 5.62. The number of rotatable bonds is 6. The van der Waals surface area contributed by atoms with E-state index < -0.39 is 12.8 Å². The molecule has 0 saturated carbocycles. The molecule has 0 spiro atoms. The Bertz CT molecular complexity index is 410. The summed E-state index contributed by atoms with van der Waals surface area (Å²) in [5.74, 6) is 0.542. The Balaban J connectivity index is 2.46. The van der Waals surface area contributed by atoms with E-state index in [2.05, 4.69) is 20.7 Å². The fourth-order valence-corrected chi connectivity index (χ4v) is 1.75. The molecule has 0 saturated heterocycles. The summed E-state index contributed by atoms with van der Waals surface area (Å²) < 4.78 is 46.2. The molecule has 0 aliphatic carbocycles. The van der Waals surface area contributed by atoms with Gasteiger partial charge in [0.25, 0.3) is 0 Å². The van der Waals surface area contributed by atoms with Gasteiger partial charge in [-0.05, 0) is 19.1 Å². The van der Waals surface area contributed by atoms with E-state index in [1.165, 1.54) is 0 Å². The normalized spacial score (nSPS) is 13.4. The molecule has 1 aromatic rings. The third-order valence-corrected chi connectivity index (χ3v) is 2.71. The highest BCUT2D eigenvalue weighted by molar-refractivity contribution is 9.10. The number of nitrogens with two attached hydrogens (primary N) is 1. The lowest BCUT2D eigenvalue weighted by atomic mass is 10.1. The number of benzene rings is 1. The van der Waals surface area contributed by atoms with Gasteiger partial charge < -0.3 is 15.2 Å². The summed E-state index contributed by atoms with van der Waals surface area (Å²) in [6, 6.07) is 5.13. The van der Waals surface area contributed by atoms with E-state index >= 15 is 0 Å². The third kappa shape index (κ3) is 6.26. The van der Waals surface area contributed by atoms with Gasteiger partial charge in [-0.2, -0.15) is 13.2 Å². The molecule has 108 valence electrons. The zero-order chi connectivity index (χ0) is 14.5. The van der Waals surface area contributed by atoms with E-state index in [4.69, 9.17) is 10.5 Å². The van der Waals surface area contributed by atoms with Crippen LogP contribution >= 0.6 is 15.9 Å². The van der Waals surface area contributed by atoms with Crippen molar-refractivity contribution in [1.82, 2.24) is 0 Å². The average Bonchev–Trinajstić information content (AvgIpc) is 2.26. The second kappa shape index (κ2) is 7.12. The fourth-order valence-electron chi connectivity index (χ4n) is 1.41. The SMILES string of the molecule is CC(N)c1ccc(Br)cc1OCCOCC(F)(F)F. The van der Waals surface area contributed by atoms with Gasteiger partial charge in [0, 0.05) is 16.1 Å². The van der Waals surface area contributed by atoms with Gasteiger partial charge in [-0.3, -0.25) is 0 Å². The molecule has 1 unspecified atom stereocenters. The smallest absolute Gasteiger partial charge is 0.411 e. The van der Waals surface area contributed by atoms with Gasteiger partial charge in [0.1, 0.15) is 19.0 Å². The summed E-state index contributed by atoms with van der Waals surface area (Å²) in [4.78, 5) is 0. The highest BCUT2D eigenvalue weighted by Crippen LogP contribution is 2.27. The Hall–Kier alpha value is -0.790. The Morgan fingerprint density at radius 1 is 1.32 bits per heavy atom. The zero-order valence-corrected chi connectivity index (χ0v) is 11.9. The standard InChI is InChI=1S/C12H15BrF3NO2/c1-8(17)10-3-2-9(13)6-11(10)19-5-4-18-7-12(14,15)16/h2-3,6,8H,4-5,7,17H2,1H3. The van der Waals surface area contributed by atoms with Crippen LogP contribution in [0.1, 0.15) is 18.5 Å². The summed E-state index contributed by atoms with van der Waals surface area (Å²) in [7, 11) is 0. The summed E-state index contributed by atoms with van der Waals surface area (Å²) in [6.45, 7) is 0.432. The van der Waals surface area contributed by atoms with Gasteiger partial charge in [-0.15, -0.1) is 0 Å². The molecule has 7 heteroatoms. The van der Waals surface area contributed by atoms with Gasteiger partial charge in [0.05, 0.1) is 6.61 Å². The molecule has 19 heavy (non-hydrogen) atoms. The van der Waals surface area contributed by atoms with Gasteiger partial charge in [-0.25, -0.2) is 0 Å². The van der Waals surface area contributed by atoms with Crippen LogP contribution in [0.5, 0.6) is 5.75 Å². The summed E-state index contributed by atoms with van der Waals surface area (Å²) in [5.41, 5.74) is 6.57. The maximum Gasteiger partial charge on any atom is 0.411 e. The number of alkyl halides is 3. The van der Waals surface area contributed by atoms with E-state index in [-0.39, 0.29) is 19.3 Å². The molecule has 1 aromatic carbocycles. The number of hydrogen-bond acceptors (Lipinski definition) is 3. The molecule has 0 heterocycles. The zero-order valence-electron chi connectivity index (χ0n) is 10.3. The van der Waals surface area contributed by atoms with Crippen LogP contribution in [0.4, 0.5) is 13.2 Å². The monoisotopic (exact) mass is 341 g/mol. The Morgan fingerprint density at radius 2 is 2.00 bits per heavy atom. The fraction of sp³-hybridized carbons (Fsp3) is 0.500. The van der Waals surface area contributed by atoms with Gasteiger partial charge in [0.2, 0.25) is 0 Å². The predicted molar refractivity (Wildman–Crippen MR) is 69.1 cm³/mol. The van der Waals surface area contributed by atoms with Crippen LogP contribution in [0.3, 0.4) is 0 Å². The minimum absolute atomic E-state index is 0.0340. The van der Waals surface area contributed by atoms with E-state index in [1.54, 1.807) is 19.1 Å². The maximum absolute atomic E-state index is 11.8. The average molecular weight is 342 g/mol. The molecule has 3 nitrogen and oxygen atoms in total. The number of hydrogen-bond donors (Lipinski definition) is 1. The van der Waals surface area contributed by atoms with Crippen LogP contribution in [0, 0.1) is 0 Å². The first-order chi connectivity index (χ1) is 8.79. The topological polar surface area (TPSA) is 44.5 Å². The first-order valence-corrected chi connectivity index (χ1v) is 6.41. The highest BCUT2D eigenvalue weighted by atomic mass is 79.9. The van der Waals surface area contributed by atoms with Gasteiger partial charge in [0.15, 0.2) is 0 Å². The quantitative estimate of drug-likeness (QED) is 0.806. The molecule has 0 aromatic heterocycles. The summed E-state index contributed by atoms with van der Waals surface area (Å²) in [5, 5.41) is 0. The minimum atomic E-state index is -4.31. The van der Waals surface area contributed by atoms with Crippen LogP contribution in [0.2, 0.25) is 0 Å². The van der Waals surface area contributed by atoms with E-state index in [9.17, 15) is 13.2 Å². The van der Waals surface area contributed by atoms with Crippen molar-refractivity contribution < 1.29 is 22.6 Å². The lowest BCUT2D eigenvalue weighted by Crippen LogP contribution is -2.19. The molecule has 0 aliphatic rings. The Kier molecular flexibility index (Phi) is 6.09. The van der Waals surface area contributed by atoms with Crippen molar-refractivity contribution in [3.8, 4) is 5.75 Å². The number of ether oxygens (including phenoxy) is 2. The van der Waals surface area contributed by atoms with E-state index in [1.807, 2.05) is 6.07 Å². The number of halogens is 4. The molecule has 1 atom stereocenters. The van der Waals surface area contributed by atoms with Crippen LogP contribution in [-0.4, -0.2) is 26.0 Å². The van der Waals surface area contributed by atoms with Crippen LogP contribution in [0.25, 0.3) is 0 Å². The van der Waals surface area contributed by atoms with Crippen molar-refractivity contribution in [1.29, 1.82) is 0 Å². The summed E-state index contributed by atoms with van der Waals surface area (Å²) >= 11 is 3.29. The predicted octanol–water partition coefficient (Wildman–Crippen LogP) is 3.43. The second-order valence-electron chi connectivity index (χ2n) is 3.99. The molecular weight excluding hydrogens is 327 g/mol. The molecule has 0 bridgehead atoms. The molecule has 0 fully saturated rings. The van der Waals surface area contributed by atoms with Crippen molar-refractivity contribution in [2.75, 3.05) is 19.8 Å². The highest BCUT2D eigenvalue weighted by Gasteiger charge is 2.27. The Morgan fingerprint density at radius 3 is 2.58 bits per heavy atom. The van der Waals surface area contributed by atoms with E-state index in [0.717, 1.165) is 10.0 Å². The van der Waals surface area contributed by atoms with Crippen molar-refractivity contribution in [3.05, 3.63) is 28.2 Å². The molecule has 2 N–H and O–H groups in total. The lowest BCUT2D eigenvalue weighted by Gasteiger charge is -2.14. The molecule has 1 rings (SSSR count). The maximum atomic E-state index is 11.8. The Labute approximate surface area is 118 Å². The molecular formula is C12H15BrF3NO2. The lowest BCUT2D eigenvalue weighted by molar-refractivity contribution is -0.175. The van der Waals surface area contributed by atoms with Crippen molar-refractivity contribution in [2.24, 2.45) is 5.73 Å². The van der Waals surface area contributed by atoms with Crippen LogP contribution in [-0.2, 0) is 4.74 Å². The summed E-state index contributed by atoms with van der Waals surface area (Å²) in [6.07, 6.45) is -4.31. The van der Waals surface area contributed by atoms with Crippen molar-refractivity contribution in [3.63, 3.8) is 0 Å². The molecule has 0 radical (unpaired) electrons. The minimum Gasteiger partial charge on any atom is -0.491 e. The largest absolute Gasteiger partial charge is 0.491 e. The van der Waals surface area contributed by atoms with Gasteiger partial charge in [-0.1, -0.05) is 22.0 Å². The molecule has 0 amide bonds. The first kappa shape index (κ1) is 16.3. The van der Waals surface area contributed by atoms with Crippen molar-refractivity contribution in [2.45, 2.75) is 19.1 Å². The third-order valence-electron chi connectivity index (χ3n) is 2.22. The molecule has 0 aliphatic heterocycles. The van der Waals surface area contributed by atoms with Crippen molar-refractivity contribution >= 4 is 15.9 Å².